The number of piperidine rings is 1. The lowest BCUT2D eigenvalue weighted by Gasteiger charge is -2.38. The van der Waals surface area contributed by atoms with Gasteiger partial charge in [-0.25, -0.2) is 4.98 Å². The number of aromatic amines is 1. The Morgan fingerprint density at radius 3 is 3.00 bits per heavy atom. The highest BCUT2D eigenvalue weighted by atomic mass is 32.2. The molecule has 2 unspecified atom stereocenters. The Morgan fingerprint density at radius 1 is 1.44 bits per heavy atom. The van der Waals surface area contributed by atoms with Crippen LogP contribution >= 0.6 is 11.8 Å². The third-order valence-corrected chi connectivity index (χ3v) is 5.19. The predicted molar refractivity (Wildman–Crippen MR) is 96.7 cm³/mol. The molecule has 0 spiro atoms. The monoisotopic (exact) mass is 361 g/mol. The van der Waals surface area contributed by atoms with Crippen molar-refractivity contribution in [2.45, 2.75) is 23.7 Å². The summed E-state index contributed by atoms with van der Waals surface area (Å²) >= 11 is 1.66. The molecule has 3 rings (SSSR count). The van der Waals surface area contributed by atoms with E-state index in [9.17, 15) is 4.79 Å². The number of carbonyl (C=O) groups is 1. The molecule has 1 fully saturated rings. The minimum absolute atomic E-state index is 0.00306. The lowest BCUT2D eigenvalue weighted by atomic mass is 10.0. The number of amides is 1. The SMILES string of the molecule is COC1CN(CCSc2ncn[nH]2)CCC1NC(=O)c1ccccc1. The largest absolute Gasteiger partial charge is 0.378 e. The maximum absolute atomic E-state index is 12.4. The molecule has 1 amide bonds. The first-order valence-electron chi connectivity index (χ1n) is 8.35. The summed E-state index contributed by atoms with van der Waals surface area (Å²) in [5.74, 6) is 0.897. The summed E-state index contributed by atoms with van der Waals surface area (Å²) in [4.78, 5) is 18.8. The van der Waals surface area contributed by atoms with Crippen molar-refractivity contribution in [1.29, 1.82) is 0 Å². The van der Waals surface area contributed by atoms with E-state index in [1.165, 1.54) is 6.33 Å². The molecule has 7 nitrogen and oxygen atoms in total. The number of benzene rings is 1. The number of aromatic nitrogens is 3. The van der Waals surface area contributed by atoms with Gasteiger partial charge in [-0.3, -0.25) is 14.8 Å². The van der Waals surface area contributed by atoms with Gasteiger partial charge in [0.2, 0.25) is 0 Å². The van der Waals surface area contributed by atoms with Gasteiger partial charge in [0.25, 0.3) is 5.91 Å². The van der Waals surface area contributed by atoms with E-state index in [2.05, 4.69) is 25.4 Å². The van der Waals surface area contributed by atoms with Crippen LogP contribution in [0.2, 0.25) is 0 Å². The second kappa shape index (κ2) is 8.98. The Hall–Kier alpha value is -1.90. The Morgan fingerprint density at radius 2 is 2.28 bits per heavy atom. The minimum atomic E-state index is -0.0398. The van der Waals surface area contributed by atoms with Crippen LogP contribution < -0.4 is 5.32 Å². The van der Waals surface area contributed by atoms with E-state index >= 15 is 0 Å². The number of hydrogen-bond acceptors (Lipinski definition) is 6. The van der Waals surface area contributed by atoms with Crippen molar-refractivity contribution in [2.24, 2.45) is 0 Å². The van der Waals surface area contributed by atoms with Crippen LogP contribution in [-0.4, -0.2) is 70.6 Å². The second-order valence-electron chi connectivity index (χ2n) is 5.95. The van der Waals surface area contributed by atoms with Gasteiger partial charge in [-0.1, -0.05) is 30.0 Å². The molecular weight excluding hydrogens is 338 g/mol. The number of likely N-dealkylation sites (tertiary alicyclic amines) is 1. The molecule has 1 aromatic heterocycles. The maximum Gasteiger partial charge on any atom is 0.251 e. The number of ether oxygens (including phenoxy) is 1. The zero-order valence-electron chi connectivity index (χ0n) is 14.2. The van der Waals surface area contributed by atoms with Crippen molar-refractivity contribution in [1.82, 2.24) is 25.4 Å². The topological polar surface area (TPSA) is 83.1 Å². The number of nitrogens with zero attached hydrogens (tertiary/aromatic N) is 3. The van der Waals surface area contributed by atoms with Crippen molar-refractivity contribution >= 4 is 17.7 Å². The summed E-state index contributed by atoms with van der Waals surface area (Å²) < 4.78 is 5.63. The molecule has 1 saturated heterocycles. The standard InChI is InChI=1S/C17H23N5O2S/c1-24-15-11-22(9-10-25-17-18-12-19-21-17)8-7-14(15)20-16(23)13-5-3-2-4-6-13/h2-6,12,14-15H,7-11H2,1H3,(H,20,23)(H,18,19,21). The van der Waals surface area contributed by atoms with E-state index < -0.39 is 0 Å². The normalized spacial score (nSPS) is 21.2. The Kier molecular flexibility index (Phi) is 6.43. The van der Waals surface area contributed by atoms with Gasteiger partial charge in [0.15, 0.2) is 5.16 Å². The first-order valence-corrected chi connectivity index (χ1v) is 9.34. The number of hydrogen-bond donors (Lipinski definition) is 2. The summed E-state index contributed by atoms with van der Waals surface area (Å²) in [5, 5.41) is 10.7. The third-order valence-electron chi connectivity index (χ3n) is 4.34. The zero-order chi connectivity index (χ0) is 17.5. The number of thioether (sulfide) groups is 1. The highest BCUT2D eigenvalue weighted by Crippen LogP contribution is 2.17. The molecule has 8 heteroatoms. The molecule has 2 heterocycles. The smallest absolute Gasteiger partial charge is 0.251 e. The zero-order valence-corrected chi connectivity index (χ0v) is 15.0. The number of methoxy groups -OCH3 is 1. The molecule has 2 N–H and O–H groups in total. The van der Waals surface area contributed by atoms with E-state index in [0.717, 1.165) is 37.0 Å². The molecule has 1 aromatic carbocycles. The van der Waals surface area contributed by atoms with Gasteiger partial charge < -0.3 is 10.1 Å². The van der Waals surface area contributed by atoms with Gasteiger partial charge in [-0.2, -0.15) is 5.10 Å². The maximum atomic E-state index is 12.4. The molecule has 25 heavy (non-hydrogen) atoms. The average Bonchev–Trinajstić information content (AvgIpc) is 3.17. The fraction of sp³-hybridized carbons (Fsp3) is 0.471. The molecule has 134 valence electrons. The Labute approximate surface area is 151 Å². The van der Waals surface area contributed by atoms with Crippen LogP contribution in [0.3, 0.4) is 0 Å². The van der Waals surface area contributed by atoms with E-state index in [0.29, 0.717) is 5.56 Å². The molecular formula is C17H23N5O2S. The molecule has 0 radical (unpaired) electrons. The lowest BCUT2D eigenvalue weighted by molar-refractivity contribution is 0.00837. The molecule has 0 bridgehead atoms. The average molecular weight is 361 g/mol. The molecule has 1 aliphatic rings. The summed E-state index contributed by atoms with van der Waals surface area (Å²) in [7, 11) is 1.71. The van der Waals surface area contributed by atoms with Crippen LogP contribution in [0.1, 0.15) is 16.8 Å². The van der Waals surface area contributed by atoms with Crippen LogP contribution in [0.15, 0.2) is 41.8 Å². The Bertz CT molecular complexity index is 652. The van der Waals surface area contributed by atoms with E-state index in [1.54, 1.807) is 18.9 Å². The number of H-pyrrole nitrogens is 1. The van der Waals surface area contributed by atoms with E-state index in [-0.39, 0.29) is 18.1 Å². The number of nitrogens with one attached hydrogen (secondary N) is 2. The van der Waals surface area contributed by atoms with Crippen molar-refractivity contribution in [3.63, 3.8) is 0 Å². The van der Waals surface area contributed by atoms with Crippen molar-refractivity contribution in [3.8, 4) is 0 Å². The van der Waals surface area contributed by atoms with Crippen LogP contribution in [-0.2, 0) is 4.74 Å². The van der Waals surface area contributed by atoms with Crippen molar-refractivity contribution in [3.05, 3.63) is 42.2 Å². The summed E-state index contributed by atoms with van der Waals surface area (Å²) in [5.41, 5.74) is 0.684. The second-order valence-corrected chi connectivity index (χ2v) is 7.03. The van der Waals surface area contributed by atoms with Crippen LogP contribution in [0.25, 0.3) is 0 Å². The highest BCUT2D eigenvalue weighted by Gasteiger charge is 2.30. The van der Waals surface area contributed by atoms with Gasteiger partial charge in [0, 0.05) is 38.1 Å². The molecule has 0 saturated carbocycles. The highest BCUT2D eigenvalue weighted by molar-refractivity contribution is 7.99. The van der Waals surface area contributed by atoms with Gasteiger partial charge in [0.1, 0.15) is 6.33 Å². The lowest BCUT2D eigenvalue weighted by Crippen LogP contribution is -2.55. The van der Waals surface area contributed by atoms with Gasteiger partial charge in [0.05, 0.1) is 12.1 Å². The quantitative estimate of drug-likeness (QED) is 0.726. The molecule has 0 aliphatic carbocycles. The number of rotatable bonds is 7. The van der Waals surface area contributed by atoms with Gasteiger partial charge >= 0.3 is 0 Å². The fourth-order valence-electron chi connectivity index (χ4n) is 2.96. The fourth-order valence-corrected chi connectivity index (χ4v) is 3.75. The minimum Gasteiger partial charge on any atom is -0.378 e. The molecule has 1 aliphatic heterocycles. The van der Waals surface area contributed by atoms with Crippen molar-refractivity contribution in [2.75, 3.05) is 32.5 Å². The summed E-state index contributed by atoms with van der Waals surface area (Å²) in [6, 6.07) is 9.34. The van der Waals surface area contributed by atoms with Crippen molar-refractivity contribution < 1.29 is 9.53 Å². The predicted octanol–water partition coefficient (Wildman–Crippen LogP) is 1.42. The first-order chi connectivity index (χ1) is 12.3. The molecule has 2 atom stereocenters. The molecule has 2 aromatic rings. The van der Waals surface area contributed by atoms with Gasteiger partial charge in [-0.15, -0.1) is 0 Å². The van der Waals surface area contributed by atoms with E-state index in [1.807, 2.05) is 30.3 Å². The Balaban J connectivity index is 1.47. The number of carbonyl (C=O) groups excluding carboxylic acids is 1. The summed E-state index contributed by atoms with van der Waals surface area (Å²) in [6.07, 6.45) is 2.39. The van der Waals surface area contributed by atoms with E-state index in [4.69, 9.17) is 4.74 Å². The third kappa shape index (κ3) is 5.04. The van der Waals surface area contributed by atoms with Crippen LogP contribution in [0, 0.1) is 0 Å². The van der Waals surface area contributed by atoms with Crippen LogP contribution in [0.5, 0.6) is 0 Å². The van der Waals surface area contributed by atoms with Crippen LogP contribution in [0.4, 0.5) is 0 Å². The van der Waals surface area contributed by atoms with Gasteiger partial charge in [-0.05, 0) is 18.6 Å². The first kappa shape index (κ1) is 17.9. The summed E-state index contributed by atoms with van der Waals surface area (Å²) in [6.45, 7) is 2.70.